The van der Waals surface area contributed by atoms with Crippen LogP contribution in [0.4, 0.5) is 0 Å². The number of hydrogen-bond donors (Lipinski definition) is 2. The zero-order valence-electron chi connectivity index (χ0n) is 7.27. The second kappa shape index (κ2) is 4.51. The van der Waals surface area contributed by atoms with Crippen molar-refractivity contribution in [1.29, 1.82) is 0 Å². The third kappa shape index (κ3) is 2.66. The van der Waals surface area contributed by atoms with Crippen molar-refractivity contribution in [2.75, 3.05) is 0 Å². The highest BCUT2D eigenvalue weighted by Crippen LogP contribution is 2.30. The molecule has 0 spiro atoms. The summed E-state index contributed by atoms with van der Waals surface area (Å²) in [6.45, 7) is 1.81. The van der Waals surface area contributed by atoms with Gasteiger partial charge in [-0.1, -0.05) is 6.42 Å². The summed E-state index contributed by atoms with van der Waals surface area (Å²) in [6, 6.07) is 0. The molecule has 0 heterocycles. The van der Waals surface area contributed by atoms with Crippen molar-refractivity contribution < 1.29 is 8.42 Å². The number of thiol groups is 2. The molecule has 0 aromatic rings. The Balaban J connectivity index is 2.51. The Morgan fingerprint density at radius 3 is 2.58 bits per heavy atom. The monoisotopic (exact) mass is 208 g/mol. The van der Waals surface area contributed by atoms with Crippen molar-refractivity contribution in [2.45, 2.75) is 43.1 Å². The molecule has 0 radical (unpaired) electrons. The van der Waals surface area contributed by atoms with Crippen LogP contribution in [0.1, 0.15) is 32.6 Å². The first-order valence-corrected chi connectivity index (χ1v) is 6.19. The van der Waals surface area contributed by atoms with Gasteiger partial charge in [-0.05, 0) is 32.1 Å². The zero-order valence-corrected chi connectivity index (χ0v) is 9.06. The highest BCUT2D eigenvalue weighted by Gasteiger charge is 2.25. The van der Waals surface area contributed by atoms with Crippen LogP contribution in [0.2, 0.25) is 0 Å². The minimum absolute atomic E-state index is 0.157. The molecule has 3 unspecified atom stereocenters. The fourth-order valence-electron chi connectivity index (χ4n) is 1.81. The van der Waals surface area contributed by atoms with Gasteiger partial charge in [0.25, 0.3) is 0 Å². The predicted molar refractivity (Wildman–Crippen MR) is 54.5 cm³/mol. The van der Waals surface area contributed by atoms with Crippen LogP contribution in [-0.4, -0.2) is 18.9 Å². The lowest BCUT2D eigenvalue weighted by Gasteiger charge is -2.27. The van der Waals surface area contributed by atoms with E-state index in [1.165, 1.54) is 0 Å². The van der Waals surface area contributed by atoms with Gasteiger partial charge in [0, 0.05) is 5.25 Å². The van der Waals surface area contributed by atoms with E-state index in [0.29, 0.717) is 11.2 Å². The minimum Gasteiger partial charge on any atom is -0.232 e. The molecule has 0 aliphatic heterocycles. The molecule has 1 saturated carbocycles. The summed E-state index contributed by atoms with van der Waals surface area (Å²) in [5.41, 5.74) is 0. The molecule has 1 fully saturated rings. The molecular formula is C8H16O2S2. The maximum Gasteiger partial charge on any atom is 0.143 e. The topological polar surface area (TPSA) is 34.1 Å². The fraction of sp³-hybridized carbons (Fsp3) is 1.00. The molecule has 12 heavy (non-hydrogen) atoms. The summed E-state index contributed by atoms with van der Waals surface area (Å²) < 4.78 is 21.4. The molecule has 1 rings (SSSR count). The summed E-state index contributed by atoms with van der Waals surface area (Å²) in [5, 5.41) is 0.260. The van der Waals surface area contributed by atoms with Crippen molar-refractivity contribution >= 4 is 23.3 Å². The summed E-state index contributed by atoms with van der Waals surface area (Å²) in [4.78, 5) is 0. The van der Waals surface area contributed by atoms with Crippen molar-refractivity contribution in [1.82, 2.24) is 0 Å². The summed E-state index contributed by atoms with van der Waals surface area (Å²) in [7, 11) is -2.24. The van der Waals surface area contributed by atoms with Crippen molar-refractivity contribution in [2.24, 2.45) is 5.92 Å². The van der Waals surface area contributed by atoms with Crippen molar-refractivity contribution in [3.63, 3.8) is 0 Å². The Bertz CT molecular complexity index is 205. The van der Waals surface area contributed by atoms with Gasteiger partial charge < -0.3 is 0 Å². The average molecular weight is 208 g/mol. The minimum atomic E-state index is -2.24. The van der Waals surface area contributed by atoms with E-state index in [0.717, 1.165) is 25.7 Å². The molecule has 1 aliphatic carbocycles. The van der Waals surface area contributed by atoms with E-state index in [-0.39, 0.29) is 5.25 Å². The van der Waals surface area contributed by atoms with E-state index >= 15 is 0 Å². The lowest BCUT2D eigenvalue weighted by molar-refractivity contribution is 0.359. The molecule has 0 bridgehead atoms. The van der Waals surface area contributed by atoms with E-state index in [9.17, 15) is 8.42 Å². The van der Waals surface area contributed by atoms with Crippen molar-refractivity contribution in [3.8, 4) is 0 Å². The standard InChI is InChI=1S/C8H16O2S2/c1-6(12(9)10)7-3-2-4-8(11)5-7/h6-8,11-12H,2-5H2,1H3. The highest BCUT2D eigenvalue weighted by molar-refractivity contribution is 7.81. The van der Waals surface area contributed by atoms with Crippen LogP contribution in [0.25, 0.3) is 0 Å². The Hall–Kier alpha value is 0.300. The van der Waals surface area contributed by atoms with Gasteiger partial charge in [0.2, 0.25) is 0 Å². The number of hydrogen-bond acceptors (Lipinski definition) is 3. The van der Waals surface area contributed by atoms with Crippen LogP contribution < -0.4 is 0 Å². The Morgan fingerprint density at radius 2 is 2.08 bits per heavy atom. The molecule has 72 valence electrons. The Kier molecular flexibility index (Phi) is 3.90. The van der Waals surface area contributed by atoms with Gasteiger partial charge in [0.1, 0.15) is 10.7 Å². The van der Waals surface area contributed by atoms with Gasteiger partial charge in [0.05, 0.1) is 5.25 Å². The van der Waals surface area contributed by atoms with Crippen LogP contribution in [0.15, 0.2) is 0 Å². The molecule has 3 atom stereocenters. The van der Waals surface area contributed by atoms with Crippen LogP contribution >= 0.6 is 12.6 Å². The summed E-state index contributed by atoms with van der Waals surface area (Å²) >= 11 is 4.39. The van der Waals surface area contributed by atoms with Crippen LogP contribution in [0.3, 0.4) is 0 Å². The molecule has 4 heteroatoms. The largest absolute Gasteiger partial charge is 0.232 e. The second-order valence-electron chi connectivity index (χ2n) is 3.61. The molecule has 0 saturated heterocycles. The van der Waals surface area contributed by atoms with Gasteiger partial charge in [0.15, 0.2) is 0 Å². The first-order valence-electron chi connectivity index (χ1n) is 4.43. The Labute approximate surface area is 81.1 Å². The SMILES string of the molecule is CC(C1CCCC(S)C1)[SH](=O)=O. The maximum absolute atomic E-state index is 10.7. The lowest BCUT2D eigenvalue weighted by atomic mass is 9.87. The van der Waals surface area contributed by atoms with Gasteiger partial charge >= 0.3 is 0 Å². The summed E-state index contributed by atoms with van der Waals surface area (Å²) in [5.74, 6) is 0.349. The summed E-state index contributed by atoms with van der Waals surface area (Å²) in [6.07, 6.45) is 4.30. The van der Waals surface area contributed by atoms with Crippen LogP contribution in [0, 0.1) is 5.92 Å². The van der Waals surface area contributed by atoms with Gasteiger partial charge in [-0.2, -0.15) is 12.6 Å². The molecule has 0 aromatic heterocycles. The fourth-order valence-corrected chi connectivity index (χ4v) is 2.88. The van der Waals surface area contributed by atoms with Crippen LogP contribution in [-0.2, 0) is 10.7 Å². The first kappa shape index (κ1) is 10.4. The van der Waals surface area contributed by atoms with Crippen molar-refractivity contribution in [3.05, 3.63) is 0 Å². The third-order valence-electron chi connectivity index (χ3n) is 2.70. The molecule has 1 aliphatic rings. The lowest BCUT2D eigenvalue weighted by Crippen LogP contribution is -2.25. The predicted octanol–water partition coefficient (Wildman–Crippen LogP) is 1.47. The molecule has 2 nitrogen and oxygen atoms in total. The van der Waals surface area contributed by atoms with E-state index in [1.807, 2.05) is 6.92 Å². The van der Waals surface area contributed by atoms with E-state index in [2.05, 4.69) is 12.6 Å². The average Bonchev–Trinajstić information content (AvgIpc) is 2.03. The molecular weight excluding hydrogens is 192 g/mol. The molecule has 0 amide bonds. The first-order chi connectivity index (χ1) is 5.61. The van der Waals surface area contributed by atoms with Gasteiger partial charge in [-0.3, -0.25) is 0 Å². The smallest absolute Gasteiger partial charge is 0.143 e. The Morgan fingerprint density at radius 1 is 1.42 bits per heavy atom. The quantitative estimate of drug-likeness (QED) is 0.674. The molecule has 0 N–H and O–H groups in total. The van der Waals surface area contributed by atoms with Crippen LogP contribution in [0.5, 0.6) is 0 Å². The third-order valence-corrected chi connectivity index (χ3v) is 4.26. The zero-order chi connectivity index (χ0) is 9.14. The van der Waals surface area contributed by atoms with E-state index < -0.39 is 10.7 Å². The normalized spacial score (nSPS) is 33.6. The van der Waals surface area contributed by atoms with E-state index in [1.54, 1.807) is 0 Å². The van der Waals surface area contributed by atoms with Gasteiger partial charge in [-0.25, -0.2) is 8.42 Å². The molecule has 0 aromatic carbocycles. The number of rotatable bonds is 2. The second-order valence-corrected chi connectivity index (χ2v) is 5.72. The maximum atomic E-state index is 10.7. The highest BCUT2D eigenvalue weighted by atomic mass is 32.2. The van der Waals surface area contributed by atoms with Gasteiger partial charge in [-0.15, -0.1) is 0 Å². The van der Waals surface area contributed by atoms with E-state index in [4.69, 9.17) is 0 Å².